The van der Waals surface area contributed by atoms with Gasteiger partial charge in [-0.2, -0.15) is 4.99 Å². The first-order valence-electron chi connectivity index (χ1n) is 12.2. The fourth-order valence-electron chi connectivity index (χ4n) is 4.86. The monoisotopic (exact) mass is 499 g/mol. The lowest BCUT2D eigenvalue weighted by atomic mass is 9.85. The normalized spacial score (nSPS) is 21.5. The SMILES string of the molecule is C=N/C(=N\c1c(C)nc(Nc2c(C)cccc2Cl)n1[C@H]1CC[C@@H](C(N)=O)CC1)NC1CCOCC1. The number of hydrogen-bond acceptors (Lipinski definition) is 5. The number of para-hydroxylation sites is 1. The van der Waals surface area contributed by atoms with Crippen LogP contribution in [0.25, 0.3) is 0 Å². The number of aryl methyl sites for hydroxylation is 2. The van der Waals surface area contributed by atoms with E-state index in [1.54, 1.807) is 0 Å². The van der Waals surface area contributed by atoms with Gasteiger partial charge in [0, 0.05) is 31.2 Å². The molecule has 1 saturated carbocycles. The van der Waals surface area contributed by atoms with Crippen LogP contribution in [-0.2, 0) is 9.53 Å². The number of carbonyl (C=O) groups is 1. The van der Waals surface area contributed by atoms with Crippen LogP contribution < -0.4 is 16.4 Å². The van der Waals surface area contributed by atoms with E-state index in [4.69, 9.17) is 32.0 Å². The van der Waals surface area contributed by atoms with Crippen LogP contribution in [0.3, 0.4) is 0 Å². The molecule has 0 atom stereocenters. The molecule has 9 nitrogen and oxygen atoms in total. The summed E-state index contributed by atoms with van der Waals surface area (Å²) in [6.07, 6.45) is 4.85. The highest BCUT2D eigenvalue weighted by molar-refractivity contribution is 6.33. The Morgan fingerprint density at radius 1 is 1.20 bits per heavy atom. The highest BCUT2D eigenvalue weighted by Crippen LogP contribution is 2.40. The van der Waals surface area contributed by atoms with E-state index in [-0.39, 0.29) is 23.9 Å². The van der Waals surface area contributed by atoms with Crippen molar-refractivity contribution >= 4 is 47.6 Å². The molecule has 2 aliphatic rings. The van der Waals surface area contributed by atoms with Gasteiger partial charge in [0.1, 0.15) is 0 Å². The fraction of sp³-hybridized carbons (Fsp3) is 0.520. The Morgan fingerprint density at radius 2 is 1.91 bits per heavy atom. The molecule has 1 aliphatic carbocycles. The summed E-state index contributed by atoms with van der Waals surface area (Å²) in [5, 5.41) is 7.48. The standard InChI is InChI=1S/C25H34ClN7O2/c1-15-5-4-6-20(26)21(15)31-25-29-16(2)23(32-24(28-3)30-18-11-13-35-14-12-18)33(25)19-9-7-17(8-10-19)22(27)34/h4-6,17-19H,3,7-14H2,1-2H3,(H2,27,34)(H,29,31)(H,30,32)/t17-,19+. The molecule has 2 fully saturated rings. The number of anilines is 2. The number of amides is 1. The molecule has 1 aromatic heterocycles. The van der Waals surface area contributed by atoms with Gasteiger partial charge in [-0.25, -0.2) is 9.98 Å². The number of ether oxygens (including phenoxy) is 1. The Labute approximate surface area is 211 Å². The van der Waals surface area contributed by atoms with Gasteiger partial charge in [0.25, 0.3) is 0 Å². The molecule has 0 unspecified atom stereocenters. The van der Waals surface area contributed by atoms with Crippen LogP contribution in [-0.4, -0.2) is 47.4 Å². The largest absolute Gasteiger partial charge is 0.381 e. The minimum absolute atomic E-state index is 0.0920. The van der Waals surface area contributed by atoms with E-state index in [0.717, 1.165) is 55.5 Å². The first-order chi connectivity index (χ1) is 16.9. The Hall–Kier alpha value is -2.91. The quantitative estimate of drug-likeness (QED) is 0.397. The van der Waals surface area contributed by atoms with Gasteiger partial charge >= 0.3 is 0 Å². The molecule has 0 radical (unpaired) electrons. The van der Waals surface area contributed by atoms with Crippen molar-refractivity contribution in [3.63, 3.8) is 0 Å². The third-order valence-electron chi connectivity index (χ3n) is 6.89. The number of imidazole rings is 1. The van der Waals surface area contributed by atoms with Crippen LogP contribution in [0.4, 0.5) is 17.5 Å². The Balaban J connectivity index is 1.71. The predicted molar refractivity (Wildman–Crippen MR) is 140 cm³/mol. The maximum atomic E-state index is 11.7. The molecule has 2 aromatic rings. The summed E-state index contributed by atoms with van der Waals surface area (Å²) in [5.74, 6) is 1.52. The van der Waals surface area contributed by atoms with Crippen LogP contribution >= 0.6 is 11.6 Å². The summed E-state index contributed by atoms with van der Waals surface area (Å²) in [6.45, 7) is 9.10. The minimum atomic E-state index is -0.229. The molecular weight excluding hydrogens is 466 g/mol. The molecule has 35 heavy (non-hydrogen) atoms. The second-order valence-electron chi connectivity index (χ2n) is 9.30. The van der Waals surface area contributed by atoms with Crippen molar-refractivity contribution in [3.05, 3.63) is 34.5 Å². The van der Waals surface area contributed by atoms with Crippen molar-refractivity contribution < 1.29 is 9.53 Å². The number of halogens is 1. The Bertz CT molecular complexity index is 1080. The number of rotatable bonds is 6. The van der Waals surface area contributed by atoms with Gasteiger partial charge in [0.15, 0.2) is 5.82 Å². The number of nitrogens with zero attached hydrogens (tertiary/aromatic N) is 4. The third-order valence-corrected chi connectivity index (χ3v) is 7.21. The summed E-state index contributed by atoms with van der Waals surface area (Å²) >= 11 is 6.51. The molecule has 10 heteroatoms. The van der Waals surface area contributed by atoms with E-state index >= 15 is 0 Å². The van der Waals surface area contributed by atoms with Gasteiger partial charge < -0.3 is 21.1 Å². The van der Waals surface area contributed by atoms with Crippen molar-refractivity contribution in [3.8, 4) is 0 Å². The van der Waals surface area contributed by atoms with E-state index in [1.807, 2.05) is 32.0 Å². The van der Waals surface area contributed by atoms with E-state index in [0.29, 0.717) is 36.0 Å². The summed E-state index contributed by atoms with van der Waals surface area (Å²) in [7, 11) is 0. The number of nitrogens with two attached hydrogens (primary N) is 1. The molecule has 1 saturated heterocycles. The van der Waals surface area contributed by atoms with Crippen molar-refractivity contribution in [2.45, 2.75) is 64.5 Å². The Kier molecular flexibility index (Phi) is 8.07. The number of hydrogen-bond donors (Lipinski definition) is 3. The lowest BCUT2D eigenvalue weighted by molar-refractivity contribution is -0.122. The van der Waals surface area contributed by atoms with Gasteiger partial charge in [-0.1, -0.05) is 23.7 Å². The number of benzene rings is 1. The topological polar surface area (TPSA) is 119 Å². The van der Waals surface area contributed by atoms with Crippen molar-refractivity contribution in [2.75, 3.05) is 18.5 Å². The molecule has 188 valence electrons. The van der Waals surface area contributed by atoms with E-state index in [9.17, 15) is 4.79 Å². The number of aliphatic imine (C=N–C) groups is 2. The van der Waals surface area contributed by atoms with E-state index in [2.05, 4.69) is 26.9 Å². The molecule has 0 bridgehead atoms. The van der Waals surface area contributed by atoms with Gasteiger partial charge in [0.05, 0.1) is 16.4 Å². The first kappa shape index (κ1) is 25.2. The van der Waals surface area contributed by atoms with Crippen molar-refractivity contribution in [1.29, 1.82) is 0 Å². The number of carbonyl (C=O) groups excluding carboxylic acids is 1. The van der Waals surface area contributed by atoms with Crippen LogP contribution in [0.2, 0.25) is 5.02 Å². The molecule has 1 amide bonds. The van der Waals surface area contributed by atoms with Gasteiger partial charge in [-0.15, -0.1) is 0 Å². The second-order valence-corrected chi connectivity index (χ2v) is 9.71. The van der Waals surface area contributed by atoms with Crippen molar-refractivity contribution in [2.24, 2.45) is 21.6 Å². The lowest BCUT2D eigenvalue weighted by Gasteiger charge is -2.30. The number of nitrogens with one attached hydrogen (secondary N) is 2. The molecule has 4 rings (SSSR count). The first-order valence-corrected chi connectivity index (χ1v) is 12.5. The maximum absolute atomic E-state index is 11.7. The van der Waals surface area contributed by atoms with E-state index in [1.165, 1.54) is 0 Å². The average Bonchev–Trinajstić information content (AvgIpc) is 3.16. The van der Waals surface area contributed by atoms with Gasteiger partial charge in [-0.05, 0) is 70.7 Å². The highest BCUT2D eigenvalue weighted by atomic mass is 35.5. The van der Waals surface area contributed by atoms with Crippen LogP contribution in [0.1, 0.15) is 55.8 Å². The summed E-state index contributed by atoms with van der Waals surface area (Å²) in [5.41, 5.74) is 8.17. The number of aromatic nitrogens is 2. The van der Waals surface area contributed by atoms with Gasteiger partial charge in [0.2, 0.25) is 17.8 Å². The fourth-order valence-corrected chi connectivity index (χ4v) is 5.13. The van der Waals surface area contributed by atoms with Crippen LogP contribution in [0.5, 0.6) is 0 Å². The van der Waals surface area contributed by atoms with Gasteiger partial charge in [-0.3, -0.25) is 9.36 Å². The predicted octanol–water partition coefficient (Wildman–Crippen LogP) is 4.57. The average molecular weight is 500 g/mol. The maximum Gasteiger partial charge on any atom is 0.224 e. The van der Waals surface area contributed by atoms with Crippen molar-refractivity contribution in [1.82, 2.24) is 14.9 Å². The number of primary amides is 1. The third kappa shape index (κ3) is 5.85. The zero-order chi connectivity index (χ0) is 24.9. The summed E-state index contributed by atoms with van der Waals surface area (Å²) < 4.78 is 7.58. The second kappa shape index (κ2) is 11.2. The molecular formula is C25H34ClN7O2. The van der Waals surface area contributed by atoms with E-state index < -0.39 is 0 Å². The zero-order valence-electron chi connectivity index (χ0n) is 20.4. The molecule has 0 spiro atoms. The lowest BCUT2D eigenvalue weighted by Crippen LogP contribution is -2.38. The smallest absolute Gasteiger partial charge is 0.224 e. The minimum Gasteiger partial charge on any atom is -0.381 e. The Morgan fingerprint density at radius 3 is 2.54 bits per heavy atom. The van der Waals surface area contributed by atoms with Crippen LogP contribution in [0, 0.1) is 19.8 Å². The molecule has 1 aliphatic heterocycles. The highest BCUT2D eigenvalue weighted by Gasteiger charge is 2.30. The number of guanidine groups is 1. The summed E-state index contributed by atoms with van der Waals surface area (Å²) in [6, 6.07) is 6.11. The zero-order valence-corrected chi connectivity index (χ0v) is 21.1. The summed E-state index contributed by atoms with van der Waals surface area (Å²) in [4.78, 5) is 25.6. The molecule has 2 heterocycles. The van der Waals surface area contributed by atoms with Crippen LogP contribution in [0.15, 0.2) is 28.2 Å². The molecule has 4 N–H and O–H groups in total. The molecule has 1 aromatic carbocycles.